The van der Waals surface area contributed by atoms with E-state index in [1.54, 1.807) is 0 Å². The number of fused-ring (bicyclic) bond motifs is 6. The zero-order valence-electron chi connectivity index (χ0n) is 27.3. The van der Waals surface area contributed by atoms with Crippen molar-refractivity contribution in [3.8, 4) is 11.1 Å². The molecule has 0 fully saturated rings. The molecule has 5 nitrogen and oxygen atoms in total. The van der Waals surface area contributed by atoms with Gasteiger partial charge in [0.25, 0.3) is 0 Å². The van der Waals surface area contributed by atoms with Crippen LogP contribution in [-0.4, -0.2) is 16.2 Å². The van der Waals surface area contributed by atoms with E-state index in [4.69, 9.17) is 14.4 Å². The molecule has 1 aliphatic heterocycles. The van der Waals surface area contributed by atoms with Crippen molar-refractivity contribution in [2.24, 2.45) is 9.98 Å². The van der Waals surface area contributed by atoms with Gasteiger partial charge in [0.05, 0.1) is 16.7 Å². The van der Waals surface area contributed by atoms with E-state index >= 15 is 0 Å². The summed E-state index contributed by atoms with van der Waals surface area (Å²) in [4.78, 5) is 10.1. The average Bonchev–Trinajstić information content (AvgIpc) is 3.74. The summed E-state index contributed by atoms with van der Waals surface area (Å²) in [5.41, 5.74) is 11.1. The number of allylic oxidation sites excluding steroid dienone is 1. The number of aryl methyl sites for hydroxylation is 1. The Bertz CT molecular complexity index is 2660. The van der Waals surface area contributed by atoms with Crippen LogP contribution in [0.5, 0.6) is 0 Å². The molecule has 6 aromatic carbocycles. The fourth-order valence-electron chi connectivity index (χ4n) is 7.56. The summed E-state index contributed by atoms with van der Waals surface area (Å²) >= 11 is 0. The van der Waals surface area contributed by atoms with Gasteiger partial charge in [-0.15, -0.1) is 0 Å². The van der Waals surface area contributed by atoms with Crippen molar-refractivity contribution in [1.29, 1.82) is 0 Å². The average molecular weight is 645 g/mol. The summed E-state index contributed by atoms with van der Waals surface area (Å²) in [5, 5.41) is 7.20. The number of nitrogens with zero attached hydrogens (tertiary/aromatic N) is 3. The molecule has 10 rings (SSSR count). The molecule has 0 amide bonds. The van der Waals surface area contributed by atoms with Crippen LogP contribution < -0.4 is 5.32 Å². The SMILES string of the molecule is C1=C(n2c3ccccc3c3cc(-c4ccccc4)ccc32)c2c(oc3ccc(C4=NC(c5ccccc5)=NC(c5ccccc5)N4)cc23)CC1. The summed E-state index contributed by atoms with van der Waals surface area (Å²) < 4.78 is 9.04. The van der Waals surface area contributed by atoms with Crippen LogP contribution in [-0.2, 0) is 6.42 Å². The third-order valence-corrected chi connectivity index (χ3v) is 9.91. The number of aromatic nitrogens is 1. The number of rotatable bonds is 5. The lowest BCUT2D eigenvalue weighted by atomic mass is 9.97. The zero-order valence-corrected chi connectivity index (χ0v) is 27.3. The smallest absolute Gasteiger partial charge is 0.159 e. The van der Waals surface area contributed by atoms with E-state index in [9.17, 15) is 0 Å². The summed E-state index contributed by atoms with van der Waals surface area (Å²) in [6.07, 6.45) is 3.89. The standard InChI is InChI=1S/C45H32N4O/c1-4-13-29(14-5-1)32-23-25-38-35(27-32)34-19-10-11-20-37(34)49(38)39-21-12-22-41-42(39)36-28-33(24-26-40(36)50-41)45-47-43(30-15-6-2-7-16-30)46-44(48-45)31-17-8-3-9-18-31/h1-11,13-21,23-28,43H,12,22H2,(H,46,47,48). The second-order valence-electron chi connectivity index (χ2n) is 12.9. The molecule has 1 N–H and O–H groups in total. The van der Waals surface area contributed by atoms with Crippen LogP contribution in [0.25, 0.3) is 49.6 Å². The lowest BCUT2D eigenvalue weighted by molar-refractivity contribution is 0.544. The molecule has 8 aromatic rings. The first kappa shape index (κ1) is 28.5. The zero-order chi connectivity index (χ0) is 33.0. The molecular formula is C45H32N4O. The van der Waals surface area contributed by atoms with Crippen molar-refractivity contribution in [2.45, 2.75) is 19.0 Å². The van der Waals surface area contributed by atoms with Crippen molar-refractivity contribution in [2.75, 3.05) is 0 Å². The first-order chi connectivity index (χ1) is 24.8. The fourth-order valence-corrected chi connectivity index (χ4v) is 7.56. The van der Waals surface area contributed by atoms with Crippen LogP contribution in [0.15, 0.2) is 172 Å². The minimum Gasteiger partial charge on any atom is -0.460 e. The molecule has 3 heterocycles. The molecule has 2 aliphatic rings. The summed E-state index contributed by atoms with van der Waals surface area (Å²) in [6.45, 7) is 0. The van der Waals surface area contributed by atoms with Crippen LogP contribution in [0, 0.1) is 0 Å². The van der Waals surface area contributed by atoms with Crippen molar-refractivity contribution < 1.29 is 4.42 Å². The molecule has 5 heteroatoms. The van der Waals surface area contributed by atoms with E-state index in [0.717, 1.165) is 63.4 Å². The second-order valence-corrected chi connectivity index (χ2v) is 12.9. The van der Waals surface area contributed by atoms with Gasteiger partial charge in [-0.05, 0) is 59.5 Å². The summed E-state index contributed by atoms with van der Waals surface area (Å²) in [5.74, 6) is 2.52. The number of nitrogens with one attached hydrogen (secondary N) is 1. The van der Waals surface area contributed by atoms with Gasteiger partial charge in [-0.25, -0.2) is 9.98 Å². The van der Waals surface area contributed by atoms with Gasteiger partial charge in [-0.3, -0.25) is 0 Å². The van der Waals surface area contributed by atoms with E-state index in [1.165, 1.54) is 32.9 Å². The number of hydrogen-bond acceptors (Lipinski definition) is 4. The van der Waals surface area contributed by atoms with Crippen molar-refractivity contribution in [1.82, 2.24) is 9.88 Å². The van der Waals surface area contributed by atoms with Crippen LogP contribution in [0.1, 0.15) is 40.6 Å². The Morgan fingerprint density at radius 1 is 0.600 bits per heavy atom. The third-order valence-electron chi connectivity index (χ3n) is 9.91. The van der Waals surface area contributed by atoms with Crippen molar-refractivity contribution in [3.63, 3.8) is 0 Å². The van der Waals surface area contributed by atoms with E-state index < -0.39 is 0 Å². The van der Waals surface area contributed by atoms with E-state index in [-0.39, 0.29) is 6.17 Å². The van der Waals surface area contributed by atoms with E-state index in [2.05, 4.69) is 143 Å². The largest absolute Gasteiger partial charge is 0.460 e. The van der Waals surface area contributed by atoms with Gasteiger partial charge in [0.15, 0.2) is 5.84 Å². The fraction of sp³-hybridized carbons (Fsp3) is 0.0667. The highest BCUT2D eigenvalue weighted by Crippen LogP contribution is 2.42. The number of amidine groups is 2. The Balaban J connectivity index is 1.13. The number of furan rings is 1. The maximum atomic E-state index is 6.60. The van der Waals surface area contributed by atoms with Gasteiger partial charge in [0, 0.05) is 39.3 Å². The van der Waals surface area contributed by atoms with Gasteiger partial charge in [-0.1, -0.05) is 121 Å². The number of aliphatic imine (C=N–C) groups is 2. The molecular weight excluding hydrogens is 613 g/mol. The first-order valence-corrected chi connectivity index (χ1v) is 17.2. The molecule has 0 saturated carbocycles. The topological polar surface area (TPSA) is 54.8 Å². The Morgan fingerprint density at radius 3 is 2.10 bits per heavy atom. The van der Waals surface area contributed by atoms with Gasteiger partial charge < -0.3 is 14.3 Å². The predicted octanol–water partition coefficient (Wildman–Crippen LogP) is 10.5. The Hall–Kier alpha value is -6.46. The first-order valence-electron chi connectivity index (χ1n) is 17.2. The Morgan fingerprint density at radius 2 is 1.28 bits per heavy atom. The molecule has 50 heavy (non-hydrogen) atoms. The summed E-state index contributed by atoms with van der Waals surface area (Å²) in [6, 6.07) is 53.2. The highest BCUT2D eigenvalue weighted by Gasteiger charge is 2.27. The van der Waals surface area contributed by atoms with Crippen molar-refractivity contribution in [3.05, 3.63) is 186 Å². The second kappa shape index (κ2) is 11.6. The molecule has 1 atom stereocenters. The maximum Gasteiger partial charge on any atom is 0.159 e. The lowest BCUT2D eigenvalue weighted by Crippen LogP contribution is -2.33. The molecule has 2 aromatic heterocycles. The minimum atomic E-state index is -0.262. The van der Waals surface area contributed by atoms with E-state index in [0.29, 0.717) is 5.84 Å². The molecule has 0 radical (unpaired) electrons. The number of hydrogen-bond donors (Lipinski definition) is 1. The van der Waals surface area contributed by atoms with Gasteiger partial charge in [0.2, 0.25) is 0 Å². The van der Waals surface area contributed by atoms with Gasteiger partial charge >= 0.3 is 0 Å². The summed E-state index contributed by atoms with van der Waals surface area (Å²) in [7, 11) is 0. The highest BCUT2D eigenvalue weighted by molar-refractivity contribution is 6.15. The number of benzene rings is 6. The van der Waals surface area contributed by atoms with Crippen LogP contribution in [0.3, 0.4) is 0 Å². The maximum absolute atomic E-state index is 6.60. The highest BCUT2D eigenvalue weighted by atomic mass is 16.3. The Labute approximate surface area is 289 Å². The lowest BCUT2D eigenvalue weighted by Gasteiger charge is -2.23. The number of para-hydroxylation sites is 1. The monoisotopic (exact) mass is 644 g/mol. The molecule has 0 spiro atoms. The normalized spacial score (nSPS) is 15.8. The van der Waals surface area contributed by atoms with Gasteiger partial charge in [-0.2, -0.15) is 0 Å². The molecule has 238 valence electrons. The minimum absolute atomic E-state index is 0.262. The van der Waals surface area contributed by atoms with Crippen LogP contribution in [0.2, 0.25) is 0 Å². The molecule has 1 unspecified atom stereocenters. The van der Waals surface area contributed by atoms with E-state index in [1.807, 2.05) is 24.3 Å². The predicted molar refractivity (Wildman–Crippen MR) is 205 cm³/mol. The molecule has 0 saturated heterocycles. The molecule has 0 bridgehead atoms. The van der Waals surface area contributed by atoms with Crippen LogP contribution >= 0.6 is 0 Å². The Kier molecular flexibility index (Phi) is 6.62. The quantitative estimate of drug-likeness (QED) is 0.203. The molecule has 1 aliphatic carbocycles. The van der Waals surface area contributed by atoms with Crippen LogP contribution in [0.4, 0.5) is 0 Å². The third kappa shape index (κ3) is 4.70. The van der Waals surface area contributed by atoms with Gasteiger partial charge in [0.1, 0.15) is 23.3 Å². The van der Waals surface area contributed by atoms with Crippen molar-refractivity contribution >= 4 is 50.1 Å².